The highest BCUT2D eigenvalue weighted by atomic mass is 15.2. The molecule has 0 radical (unpaired) electrons. The first-order chi connectivity index (χ1) is 31.2. The molecule has 11 aliphatic rings. The molecule has 1 saturated carbocycles. The zero-order valence-corrected chi connectivity index (χ0v) is 40.1. The van der Waals surface area contributed by atoms with E-state index in [1.165, 1.54) is 43.3 Å². The minimum Gasteiger partial charge on any atom is -0.360 e. The van der Waals surface area contributed by atoms with Crippen LogP contribution in [-0.4, -0.2) is 17.0 Å². The Morgan fingerprint density at radius 2 is 1.30 bits per heavy atom. The fraction of sp³-hybridized carbons (Fsp3) is 0.492. The van der Waals surface area contributed by atoms with Crippen molar-refractivity contribution in [3.8, 4) is 0 Å². The van der Waals surface area contributed by atoms with Crippen LogP contribution in [0.5, 0.6) is 0 Å². The van der Waals surface area contributed by atoms with Gasteiger partial charge in [0, 0.05) is 35.3 Å². The first-order valence-electron chi connectivity index (χ1n) is 26.0. The van der Waals surface area contributed by atoms with Gasteiger partial charge in [-0.05, 0) is 170 Å². The van der Waals surface area contributed by atoms with Crippen LogP contribution < -0.4 is 0 Å². The van der Waals surface area contributed by atoms with Gasteiger partial charge in [-0.25, -0.2) is 0 Å². The fourth-order valence-electron chi connectivity index (χ4n) is 17.7. The zero-order chi connectivity index (χ0) is 43.8. The summed E-state index contributed by atoms with van der Waals surface area (Å²) in [6.45, 7) is 20.4. The molecule has 2 fully saturated rings. The van der Waals surface area contributed by atoms with Crippen molar-refractivity contribution in [3.63, 3.8) is 0 Å². The van der Waals surface area contributed by atoms with E-state index in [1.54, 1.807) is 50.3 Å². The lowest BCUT2D eigenvalue weighted by molar-refractivity contribution is -0.158. The van der Waals surface area contributed by atoms with E-state index in [0.29, 0.717) is 89.0 Å². The van der Waals surface area contributed by atoms with Crippen molar-refractivity contribution in [2.45, 2.75) is 124 Å². The summed E-state index contributed by atoms with van der Waals surface area (Å²) in [5.74, 6) is 6.78. The predicted molar refractivity (Wildman–Crippen MR) is 268 cm³/mol. The number of rotatable bonds is 4. The molecule has 1 nitrogen and oxygen atoms in total. The topological polar surface area (TPSA) is 3.24 Å². The maximum absolute atomic E-state index is 3.01. The van der Waals surface area contributed by atoms with Gasteiger partial charge in [0.25, 0.3) is 0 Å². The van der Waals surface area contributed by atoms with Crippen LogP contribution in [0.25, 0.3) is 0 Å². The average Bonchev–Trinajstić information content (AvgIpc) is 4.08. The quantitative estimate of drug-likeness (QED) is 0.273. The molecule has 1 spiro atoms. The molecular weight excluding hydrogens is 771 g/mol. The van der Waals surface area contributed by atoms with Crippen LogP contribution in [0.2, 0.25) is 0 Å². The number of hydrogen-bond donors (Lipinski definition) is 0. The third kappa shape index (κ3) is 5.48. The third-order valence-electron chi connectivity index (χ3n) is 20.5. The van der Waals surface area contributed by atoms with Crippen molar-refractivity contribution < 1.29 is 0 Å². The normalized spacial score (nSPS) is 42.6. The van der Waals surface area contributed by atoms with Crippen LogP contribution in [0.4, 0.5) is 0 Å². The van der Waals surface area contributed by atoms with Gasteiger partial charge in [0.15, 0.2) is 0 Å². The van der Waals surface area contributed by atoms with Gasteiger partial charge < -0.3 is 4.90 Å². The summed E-state index contributed by atoms with van der Waals surface area (Å²) in [4.78, 5) is 3.01. The Morgan fingerprint density at radius 1 is 0.594 bits per heavy atom. The van der Waals surface area contributed by atoms with Gasteiger partial charge in [0.2, 0.25) is 0 Å². The second-order valence-electron chi connectivity index (χ2n) is 22.5. The SMILES string of the molecule is CC1=C(C2=CC=CCC2)C(C)C(C)C(N2C3C=CC=CC3C3(C4C=CCCC4C(C4=C(C)C(C)=C([C@@H]5C6=CCCC6c6ccccc65)C(C)C4C)C4C=CCC43)C3C=CC=CC32)=C1C. The Hall–Kier alpha value is -4.36. The number of fused-ring (bicyclic) bond motifs is 11. The van der Waals surface area contributed by atoms with Crippen LogP contribution in [0, 0.1) is 70.5 Å². The van der Waals surface area contributed by atoms with Crippen molar-refractivity contribution in [1.29, 1.82) is 0 Å². The summed E-state index contributed by atoms with van der Waals surface area (Å²) >= 11 is 0. The van der Waals surface area contributed by atoms with Gasteiger partial charge in [-0.2, -0.15) is 0 Å². The fourth-order valence-corrected chi connectivity index (χ4v) is 17.7. The Balaban J connectivity index is 0.992. The highest BCUT2D eigenvalue weighted by Crippen LogP contribution is 2.72. The minimum atomic E-state index is 0.111. The van der Waals surface area contributed by atoms with Crippen LogP contribution in [0.1, 0.15) is 123 Å². The molecule has 1 saturated heterocycles. The van der Waals surface area contributed by atoms with Gasteiger partial charge in [-0.15, -0.1) is 0 Å². The van der Waals surface area contributed by atoms with E-state index in [2.05, 4.69) is 182 Å². The number of likely N-dealkylation sites (tertiary alicyclic amines) is 1. The minimum absolute atomic E-state index is 0.111. The molecule has 330 valence electrons. The molecule has 10 aliphatic carbocycles. The molecule has 0 bridgehead atoms. The Morgan fingerprint density at radius 3 is 2.03 bits per heavy atom. The third-order valence-corrected chi connectivity index (χ3v) is 20.5. The Bertz CT molecular complexity index is 2540. The second kappa shape index (κ2) is 15.4. The van der Waals surface area contributed by atoms with Crippen molar-refractivity contribution >= 4 is 0 Å². The van der Waals surface area contributed by atoms with E-state index in [4.69, 9.17) is 0 Å². The van der Waals surface area contributed by atoms with Gasteiger partial charge in [0.1, 0.15) is 0 Å². The highest BCUT2D eigenvalue weighted by molar-refractivity contribution is 5.61. The summed E-state index contributed by atoms with van der Waals surface area (Å²) < 4.78 is 0. The van der Waals surface area contributed by atoms with Gasteiger partial charge in [0.05, 0.1) is 12.1 Å². The lowest BCUT2D eigenvalue weighted by Crippen LogP contribution is -2.70. The molecule has 12 rings (SSSR count). The van der Waals surface area contributed by atoms with Crippen LogP contribution in [0.3, 0.4) is 0 Å². The molecule has 1 aliphatic heterocycles. The van der Waals surface area contributed by atoms with E-state index >= 15 is 0 Å². The number of nitrogens with zero attached hydrogens (tertiary/aromatic N) is 1. The monoisotopic (exact) mass is 844 g/mol. The standard InChI is InChI=1S/C63H73N/c1-36-38(3)59(39(4)37(2)58(36)60-47-25-13-12-24-45(47)46-27-20-28-48(46)60)61-49-26-14-15-30-51(49)63(52-33-21-29-50(52)61)53-31-16-18-34-55(53)64(56-35-19-17-32-54(56)63)62-42(7)40(5)57(41(6)43(62)8)44-22-10-9-11-23-44/h9-10,12-13,15-19,21-22,24-25,28-32,34-36,38,40,42,46,49-56,60-61H,11,14,20,23,26-27,33H2,1-8H3/t36?,38?,40?,42?,46?,49?,50?,51?,52?,53?,54?,55?,56?,60-,61?,63?/m0/s1. The molecule has 64 heavy (non-hydrogen) atoms. The summed E-state index contributed by atoms with van der Waals surface area (Å²) in [5, 5.41) is 0. The summed E-state index contributed by atoms with van der Waals surface area (Å²) in [6.07, 6.45) is 49.6. The molecule has 0 aromatic heterocycles. The van der Waals surface area contributed by atoms with Crippen LogP contribution in [-0.2, 0) is 0 Å². The molecule has 1 heteroatoms. The second-order valence-corrected chi connectivity index (χ2v) is 22.5. The van der Waals surface area contributed by atoms with Crippen molar-refractivity contribution in [2.24, 2.45) is 70.5 Å². The van der Waals surface area contributed by atoms with Gasteiger partial charge in [-0.1, -0.05) is 166 Å². The van der Waals surface area contributed by atoms with E-state index in [-0.39, 0.29) is 5.41 Å². The number of hydrogen-bond acceptors (Lipinski definition) is 1. The molecule has 14 unspecified atom stereocenters. The number of benzene rings is 1. The first-order valence-corrected chi connectivity index (χ1v) is 26.0. The molecule has 1 aromatic rings. The number of allylic oxidation sites excluding steroid dienone is 22. The van der Waals surface area contributed by atoms with E-state index < -0.39 is 0 Å². The number of piperidine rings is 1. The van der Waals surface area contributed by atoms with Gasteiger partial charge in [-0.3, -0.25) is 0 Å². The highest BCUT2D eigenvalue weighted by Gasteiger charge is 2.69. The van der Waals surface area contributed by atoms with E-state index in [9.17, 15) is 0 Å². The van der Waals surface area contributed by atoms with E-state index in [1.807, 2.05) is 5.57 Å². The van der Waals surface area contributed by atoms with E-state index in [0.717, 1.165) is 12.8 Å². The van der Waals surface area contributed by atoms with Crippen LogP contribution >= 0.6 is 0 Å². The van der Waals surface area contributed by atoms with Gasteiger partial charge >= 0.3 is 0 Å². The lowest BCUT2D eigenvalue weighted by atomic mass is 9.37. The molecule has 1 heterocycles. The molecule has 15 atom stereocenters. The van der Waals surface area contributed by atoms with Crippen molar-refractivity contribution in [2.75, 3.05) is 0 Å². The lowest BCUT2D eigenvalue weighted by Gasteiger charge is -2.70. The summed E-state index contributed by atoms with van der Waals surface area (Å²) in [5.41, 5.74) is 19.7. The maximum atomic E-state index is 3.01. The average molecular weight is 844 g/mol. The maximum Gasteiger partial charge on any atom is 0.0548 e. The first kappa shape index (κ1) is 41.1. The smallest absolute Gasteiger partial charge is 0.0548 e. The largest absolute Gasteiger partial charge is 0.360 e. The van der Waals surface area contributed by atoms with Crippen molar-refractivity contribution in [3.05, 3.63) is 188 Å². The Labute approximate surface area is 386 Å². The van der Waals surface area contributed by atoms with Crippen LogP contribution in [0.15, 0.2) is 177 Å². The molecule has 0 amide bonds. The predicted octanol–water partition coefficient (Wildman–Crippen LogP) is 15.6. The molecular formula is C63H73N. The summed E-state index contributed by atoms with van der Waals surface area (Å²) in [7, 11) is 0. The molecule has 1 aromatic carbocycles. The molecule has 0 N–H and O–H groups in total. The summed E-state index contributed by atoms with van der Waals surface area (Å²) in [6, 6.07) is 10.2. The van der Waals surface area contributed by atoms with Crippen molar-refractivity contribution in [1.82, 2.24) is 4.90 Å². The Kier molecular flexibility index (Phi) is 9.86. The zero-order valence-electron chi connectivity index (χ0n) is 40.1.